The summed E-state index contributed by atoms with van der Waals surface area (Å²) in [5.41, 5.74) is 0.889. The van der Waals surface area contributed by atoms with Crippen molar-refractivity contribution >= 4 is 44.6 Å². The van der Waals surface area contributed by atoms with Crippen molar-refractivity contribution in [2.45, 2.75) is 6.54 Å². The molecule has 0 saturated carbocycles. The van der Waals surface area contributed by atoms with Crippen LogP contribution in [0.3, 0.4) is 0 Å². The summed E-state index contributed by atoms with van der Waals surface area (Å²) in [6.07, 6.45) is 0. The van der Waals surface area contributed by atoms with Gasteiger partial charge in [-0.3, -0.25) is 0 Å². The largest absolute Gasteiger partial charge is 0.508 e. The molecule has 2 rings (SSSR count). The molecule has 2 nitrogen and oxygen atoms in total. The summed E-state index contributed by atoms with van der Waals surface area (Å²) in [4.78, 5) is 1.14. The van der Waals surface area contributed by atoms with Crippen LogP contribution in [0.5, 0.6) is 5.75 Å². The van der Waals surface area contributed by atoms with Gasteiger partial charge in [0.05, 0.1) is 0 Å². The van der Waals surface area contributed by atoms with Crippen molar-refractivity contribution in [3.63, 3.8) is 0 Å². The van der Waals surface area contributed by atoms with Crippen LogP contribution in [0.25, 0.3) is 0 Å². The van der Waals surface area contributed by atoms with E-state index in [9.17, 15) is 5.11 Å². The minimum absolute atomic E-state index is 0.260. The maximum atomic E-state index is 9.29. The Morgan fingerprint density at radius 3 is 2.81 bits per heavy atom. The number of hydrogen-bond acceptors (Lipinski definition) is 3. The van der Waals surface area contributed by atoms with Gasteiger partial charge in [0.2, 0.25) is 0 Å². The molecule has 5 heteroatoms. The zero-order chi connectivity index (χ0) is 11.5. The van der Waals surface area contributed by atoms with E-state index in [2.05, 4.69) is 21.2 Å². The highest BCUT2D eigenvalue weighted by atomic mass is 79.9. The monoisotopic (exact) mass is 317 g/mol. The lowest BCUT2D eigenvalue weighted by Crippen LogP contribution is -1.96. The number of phenolic OH excluding ortho intramolecular Hbond substituents is 1. The number of halogens is 2. The average molecular weight is 319 g/mol. The van der Waals surface area contributed by atoms with Crippen LogP contribution in [0.1, 0.15) is 4.88 Å². The van der Waals surface area contributed by atoms with Crippen LogP contribution in [0.4, 0.5) is 5.69 Å². The van der Waals surface area contributed by atoms with Gasteiger partial charge in [-0.25, -0.2) is 0 Å². The smallest absolute Gasteiger partial charge is 0.117 e. The number of thiophene rings is 1. The molecule has 84 valence electrons. The second-order valence-electron chi connectivity index (χ2n) is 3.24. The Morgan fingerprint density at radius 1 is 1.38 bits per heavy atom. The number of rotatable bonds is 3. The van der Waals surface area contributed by atoms with E-state index in [4.69, 9.17) is 11.6 Å². The molecular weight excluding hydrogens is 310 g/mol. The number of aromatic hydroxyl groups is 1. The van der Waals surface area contributed by atoms with Crippen molar-refractivity contribution in [2.75, 3.05) is 5.32 Å². The lowest BCUT2D eigenvalue weighted by Gasteiger charge is -2.04. The van der Waals surface area contributed by atoms with Crippen molar-refractivity contribution in [3.05, 3.63) is 44.0 Å². The summed E-state index contributed by atoms with van der Waals surface area (Å²) in [6.45, 7) is 0.694. The van der Waals surface area contributed by atoms with E-state index < -0.39 is 0 Å². The second kappa shape index (κ2) is 5.08. The molecule has 0 aliphatic rings. The predicted molar refractivity (Wildman–Crippen MR) is 72.5 cm³/mol. The molecule has 0 amide bonds. The normalized spacial score (nSPS) is 10.4. The summed E-state index contributed by atoms with van der Waals surface area (Å²) in [6, 6.07) is 9.02. The fourth-order valence-electron chi connectivity index (χ4n) is 1.28. The van der Waals surface area contributed by atoms with E-state index in [0.29, 0.717) is 6.54 Å². The first-order valence-electron chi connectivity index (χ1n) is 4.62. The molecule has 0 aliphatic carbocycles. The standard InChI is InChI=1S/C11H9BrClNOS/c12-10-5-9(16-11(10)13)6-14-7-2-1-3-8(15)4-7/h1-5,14-15H,6H2. The zero-order valence-electron chi connectivity index (χ0n) is 8.21. The van der Waals surface area contributed by atoms with Gasteiger partial charge in [-0.15, -0.1) is 11.3 Å². The number of anilines is 1. The van der Waals surface area contributed by atoms with Gasteiger partial charge in [0.25, 0.3) is 0 Å². The third-order valence-corrected chi connectivity index (χ3v) is 4.48. The first kappa shape index (κ1) is 11.8. The fourth-order valence-corrected chi connectivity index (χ4v) is 3.01. The van der Waals surface area contributed by atoms with Gasteiger partial charge < -0.3 is 10.4 Å². The lowest BCUT2D eigenvalue weighted by atomic mass is 10.3. The van der Waals surface area contributed by atoms with Gasteiger partial charge in [0, 0.05) is 27.6 Å². The molecule has 0 spiro atoms. The molecule has 1 aromatic carbocycles. The van der Waals surface area contributed by atoms with E-state index in [1.54, 1.807) is 18.2 Å². The minimum atomic E-state index is 0.260. The molecule has 0 fully saturated rings. The maximum Gasteiger partial charge on any atom is 0.117 e. The molecule has 1 aromatic heterocycles. The molecule has 0 unspecified atom stereocenters. The molecular formula is C11H9BrClNOS. The van der Waals surface area contributed by atoms with E-state index in [1.165, 1.54) is 11.3 Å². The van der Waals surface area contributed by atoms with Gasteiger partial charge in [0.1, 0.15) is 10.1 Å². The molecule has 2 aromatic rings. The molecule has 1 heterocycles. The van der Waals surface area contributed by atoms with E-state index in [0.717, 1.165) is 19.4 Å². The van der Waals surface area contributed by atoms with Gasteiger partial charge in [-0.2, -0.15) is 0 Å². The zero-order valence-corrected chi connectivity index (χ0v) is 11.4. The van der Waals surface area contributed by atoms with Crippen molar-refractivity contribution in [1.82, 2.24) is 0 Å². The Morgan fingerprint density at radius 2 is 2.19 bits per heavy atom. The molecule has 2 N–H and O–H groups in total. The topological polar surface area (TPSA) is 32.3 Å². The van der Waals surface area contributed by atoms with Crippen LogP contribution in [-0.2, 0) is 6.54 Å². The molecule has 0 saturated heterocycles. The van der Waals surface area contributed by atoms with E-state index in [-0.39, 0.29) is 5.75 Å². The molecule has 0 aliphatic heterocycles. The first-order valence-corrected chi connectivity index (χ1v) is 6.60. The number of nitrogens with one attached hydrogen (secondary N) is 1. The summed E-state index contributed by atoms with van der Waals surface area (Å²) in [5.74, 6) is 0.260. The van der Waals surface area contributed by atoms with Crippen LogP contribution in [-0.4, -0.2) is 5.11 Å². The highest BCUT2D eigenvalue weighted by Crippen LogP contribution is 2.32. The van der Waals surface area contributed by atoms with Crippen LogP contribution >= 0.6 is 38.9 Å². The van der Waals surface area contributed by atoms with Crippen molar-refractivity contribution in [1.29, 1.82) is 0 Å². The summed E-state index contributed by atoms with van der Waals surface area (Å²) >= 11 is 10.8. The van der Waals surface area contributed by atoms with Gasteiger partial charge in [-0.05, 0) is 34.1 Å². The molecule has 0 bridgehead atoms. The third-order valence-electron chi connectivity index (χ3n) is 2.01. The molecule has 0 radical (unpaired) electrons. The van der Waals surface area contributed by atoms with E-state index in [1.807, 2.05) is 12.1 Å². The summed E-state index contributed by atoms with van der Waals surface area (Å²) in [7, 11) is 0. The third kappa shape index (κ3) is 2.90. The number of phenols is 1. The average Bonchev–Trinajstić information content (AvgIpc) is 2.56. The van der Waals surface area contributed by atoms with Crippen molar-refractivity contribution < 1.29 is 5.11 Å². The SMILES string of the molecule is Oc1cccc(NCc2cc(Br)c(Cl)s2)c1. The summed E-state index contributed by atoms with van der Waals surface area (Å²) in [5, 5.41) is 12.5. The first-order chi connectivity index (χ1) is 7.65. The van der Waals surface area contributed by atoms with Gasteiger partial charge in [0.15, 0.2) is 0 Å². The Labute approximate surface area is 111 Å². The second-order valence-corrected chi connectivity index (χ2v) is 5.83. The Balaban J connectivity index is 2.02. The fraction of sp³-hybridized carbons (Fsp3) is 0.0909. The quantitative estimate of drug-likeness (QED) is 0.874. The highest BCUT2D eigenvalue weighted by molar-refractivity contribution is 9.10. The predicted octanol–water partition coefficient (Wildman–Crippen LogP) is 4.48. The maximum absolute atomic E-state index is 9.29. The molecule has 0 atom stereocenters. The van der Waals surface area contributed by atoms with Crippen LogP contribution in [0.2, 0.25) is 4.34 Å². The lowest BCUT2D eigenvalue weighted by molar-refractivity contribution is 0.475. The van der Waals surface area contributed by atoms with Crippen LogP contribution in [0.15, 0.2) is 34.8 Å². The minimum Gasteiger partial charge on any atom is -0.508 e. The van der Waals surface area contributed by atoms with Gasteiger partial charge in [-0.1, -0.05) is 17.7 Å². The van der Waals surface area contributed by atoms with Crippen LogP contribution in [0, 0.1) is 0 Å². The Bertz CT molecular complexity index is 481. The number of hydrogen-bond donors (Lipinski definition) is 2. The van der Waals surface area contributed by atoms with E-state index >= 15 is 0 Å². The summed E-state index contributed by atoms with van der Waals surface area (Å²) < 4.78 is 1.68. The highest BCUT2D eigenvalue weighted by Gasteiger charge is 2.04. The van der Waals surface area contributed by atoms with Crippen molar-refractivity contribution in [2.24, 2.45) is 0 Å². The van der Waals surface area contributed by atoms with Gasteiger partial charge >= 0.3 is 0 Å². The molecule has 16 heavy (non-hydrogen) atoms. The Kier molecular flexibility index (Phi) is 3.74. The van der Waals surface area contributed by atoms with Crippen LogP contribution < -0.4 is 5.32 Å². The number of benzene rings is 1. The Hall–Kier alpha value is -0.710. The van der Waals surface area contributed by atoms with Crippen molar-refractivity contribution in [3.8, 4) is 5.75 Å².